The molecule has 1 N–H and O–H groups in total. The summed E-state index contributed by atoms with van der Waals surface area (Å²) < 4.78 is 83.2. The largest absolute Gasteiger partial charge is 0.483 e. The van der Waals surface area contributed by atoms with Gasteiger partial charge in [-0.2, -0.15) is 0 Å². The van der Waals surface area contributed by atoms with Crippen LogP contribution in [0.4, 0.5) is 22.0 Å². The number of hydrogen-bond acceptors (Lipinski definition) is 5. The molecule has 3 heterocycles. The molecule has 2 amide bonds. The van der Waals surface area contributed by atoms with Crippen LogP contribution in [0.15, 0.2) is 53.5 Å². The molecule has 5 rings (SSSR count). The molecule has 0 aliphatic carbocycles. The van der Waals surface area contributed by atoms with Gasteiger partial charge in [-0.1, -0.05) is 30.3 Å². The van der Waals surface area contributed by atoms with Crippen LogP contribution in [0.3, 0.4) is 0 Å². The van der Waals surface area contributed by atoms with Gasteiger partial charge < -0.3 is 24.3 Å². The molecule has 1 saturated heterocycles. The van der Waals surface area contributed by atoms with Gasteiger partial charge >= 0.3 is 0 Å². The minimum atomic E-state index is -3.01. The lowest BCUT2D eigenvalue weighted by atomic mass is 9.81. The summed E-state index contributed by atoms with van der Waals surface area (Å²) in [5.41, 5.74) is -4.04. The van der Waals surface area contributed by atoms with Crippen LogP contribution in [0.5, 0.6) is 5.75 Å². The minimum absolute atomic E-state index is 0.0481. The van der Waals surface area contributed by atoms with Gasteiger partial charge in [0.1, 0.15) is 35.2 Å². The van der Waals surface area contributed by atoms with Gasteiger partial charge in [0.25, 0.3) is 18.2 Å². The zero-order valence-electron chi connectivity index (χ0n) is 21.6. The standard InChI is InChI=1S/C28H24F5N3O5/c1-35-26(39)22-24(41-13-15-5-3-2-4-6-15)23(37)18(12-36(22)21-14-40-8-7-28(21,35)27(32)33)25(38)34-11-17-19(30)9-16(29)10-20(17)31/h2-6,9-10,12,21,27H,7-8,11,13-14H2,1H3,(H,34,38)/t21-,28+/m0/s1. The van der Waals surface area contributed by atoms with Crippen molar-refractivity contribution in [1.29, 1.82) is 0 Å². The first kappa shape index (κ1) is 28.3. The second-order valence-corrected chi connectivity index (χ2v) is 9.76. The Morgan fingerprint density at radius 3 is 2.49 bits per heavy atom. The molecule has 2 aliphatic rings. The first-order chi connectivity index (χ1) is 19.6. The molecule has 3 aromatic rings. The summed E-state index contributed by atoms with van der Waals surface area (Å²) in [4.78, 5) is 41.2. The van der Waals surface area contributed by atoms with Crippen LogP contribution in [0.1, 0.15) is 44.4 Å². The number of aromatic nitrogens is 1. The molecule has 13 heteroatoms. The molecule has 1 fully saturated rings. The topological polar surface area (TPSA) is 89.9 Å². The molecule has 2 aliphatic heterocycles. The predicted octanol–water partition coefficient (Wildman–Crippen LogP) is 3.83. The Balaban J connectivity index is 1.61. The van der Waals surface area contributed by atoms with Gasteiger partial charge in [0.05, 0.1) is 12.6 Å². The number of carbonyl (C=O) groups excluding carboxylic acids is 2. The number of alkyl halides is 2. The molecule has 0 spiro atoms. The number of fused-ring (bicyclic) bond motifs is 3. The highest BCUT2D eigenvalue weighted by Crippen LogP contribution is 2.45. The number of benzene rings is 2. The number of ether oxygens (including phenoxy) is 2. The third kappa shape index (κ3) is 4.83. The van der Waals surface area contributed by atoms with Gasteiger partial charge in [0, 0.05) is 50.5 Å². The monoisotopic (exact) mass is 577 g/mol. The number of nitrogens with zero attached hydrogens (tertiary/aromatic N) is 2. The molecule has 1 aromatic heterocycles. The summed E-state index contributed by atoms with van der Waals surface area (Å²) in [6.45, 7) is -1.26. The molecule has 8 nitrogen and oxygen atoms in total. The fourth-order valence-corrected chi connectivity index (χ4v) is 5.30. The van der Waals surface area contributed by atoms with Crippen molar-refractivity contribution in [2.24, 2.45) is 0 Å². The fourth-order valence-electron chi connectivity index (χ4n) is 5.30. The van der Waals surface area contributed by atoms with E-state index < -0.39 is 76.1 Å². The summed E-state index contributed by atoms with van der Waals surface area (Å²) in [5.74, 6) is -6.26. The zero-order valence-corrected chi connectivity index (χ0v) is 21.6. The third-order valence-electron chi connectivity index (χ3n) is 7.54. The van der Waals surface area contributed by atoms with Crippen molar-refractivity contribution in [3.05, 3.63) is 98.7 Å². The van der Waals surface area contributed by atoms with Gasteiger partial charge in [0.2, 0.25) is 5.43 Å². The molecule has 0 radical (unpaired) electrons. The van der Waals surface area contributed by atoms with Crippen LogP contribution in [-0.4, -0.2) is 53.5 Å². The number of halogens is 5. The van der Waals surface area contributed by atoms with Crippen LogP contribution in [0.2, 0.25) is 0 Å². The minimum Gasteiger partial charge on any atom is -0.483 e. The van der Waals surface area contributed by atoms with Crippen LogP contribution in [-0.2, 0) is 17.9 Å². The first-order valence-electron chi connectivity index (χ1n) is 12.6. The number of likely N-dealkylation sites (N-methyl/N-ethyl adjacent to an activating group) is 1. The number of nitrogens with one attached hydrogen (secondary N) is 1. The molecular weight excluding hydrogens is 553 g/mol. The summed E-state index contributed by atoms with van der Waals surface area (Å²) in [6.07, 6.45) is -2.26. The van der Waals surface area contributed by atoms with E-state index in [-0.39, 0.29) is 31.9 Å². The average Bonchev–Trinajstić information content (AvgIpc) is 2.94. The molecule has 2 aromatic carbocycles. The Bertz CT molecular complexity index is 1540. The predicted molar refractivity (Wildman–Crippen MR) is 134 cm³/mol. The van der Waals surface area contributed by atoms with Crippen molar-refractivity contribution in [3.63, 3.8) is 0 Å². The van der Waals surface area contributed by atoms with Gasteiger partial charge in [-0.25, -0.2) is 22.0 Å². The van der Waals surface area contributed by atoms with E-state index in [1.807, 2.05) is 0 Å². The maximum absolute atomic E-state index is 14.7. The number of rotatable bonds is 7. The van der Waals surface area contributed by atoms with Gasteiger partial charge in [0.15, 0.2) is 11.4 Å². The van der Waals surface area contributed by atoms with Gasteiger partial charge in [-0.15, -0.1) is 0 Å². The van der Waals surface area contributed by atoms with Crippen LogP contribution in [0, 0.1) is 17.5 Å². The van der Waals surface area contributed by atoms with Crippen molar-refractivity contribution in [1.82, 2.24) is 14.8 Å². The molecule has 41 heavy (non-hydrogen) atoms. The number of amides is 2. The lowest BCUT2D eigenvalue weighted by Gasteiger charge is -2.53. The van der Waals surface area contributed by atoms with E-state index in [1.165, 1.54) is 7.05 Å². The summed E-state index contributed by atoms with van der Waals surface area (Å²) in [5, 5.41) is 2.20. The zero-order chi connectivity index (χ0) is 29.5. The van der Waals surface area contributed by atoms with Crippen molar-refractivity contribution >= 4 is 11.8 Å². The van der Waals surface area contributed by atoms with Crippen LogP contribution in [0.25, 0.3) is 0 Å². The van der Waals surface area contributed by atoms with E-state index in [1.54, 1.807) is 30.3 Å². The number of carbonyl (C=O) groups is 2. The third-order valence-corrected chi connectivity index (χ3v) is 7.54. The Labute approximate surface area is 230 Å². The average molecular weight is 578 g/mol. The molecular formula is C28H24F5N3O5. The van der Waals surface area contributed by atoms with E-state index >= 15 is 0 Å². The maximum Gasteiger partial charge on any atom is 0.274 e. The first-order valence-corrected chi connectivity index (χ1v) is 12.6. The van der Waals surface area contributed by atoms with Crippen molar-refractivity contribution in [2.45, 2.75) is 37.6 Å². The van der Waals surface area contributed by atoms with Crippen LogP contribution >= 0.6 is 0 Å². The SMILES string of the molecule is CN1C(=O)c2c(OCc3ccccc3)c(=O)c(C(=O)NCc3c(F)cc(F)cc3F)cn2[C@H]2COCC[C@]21C(F)F. The van der Waals surface area contributed by atoms with E-state index in [4.69, 9.17) is 9.47 Å². The lowest BCUT2D eigenvalue weighted by Crippen LogP contribution is -2.66. The Kier molecular flexibility index (Phi) is 7.56. The van der Waals surface area contributed by atoms with Crippen LogP contribution < -0.4 is 15.5 Å². The summed E-state index contributed by atoms with van der Waals surface area (Å²) in [7, 11) is 1.22. The molecule has 0 saturated carbocycles. The second kappa shape index (κ2) is 11.0. The van der Waals surface area contributed by atoms with Crippen molar-refractivity contribution in [2.75, 3.05) is 20.3 Å². The molecule has 216 valence electrons. The normalized spacial score (nSPS) is 20.0. The Morgan fingerprint density at radius 1 is 1.15 bits per heavy atom. The molecule has 0 unspecified atom stereocenters. The van der Waals surface area contributed by atoms with E-state index in [0.717, 1.165) is 15.7 Å². The summed E-state index contributed by atoms with van der Waals surface area (Å²) >= 11 is 0. The van der Waals surface area contributed by atoms with Crippen molar-refractivity contribution < 1.29 is 41.0 Å². The molecule has 2 atom stereocenters. The highest BCUT2D eigenvalue weighted by atomic mass is 19.3. The Hall–Kier alpha value is -4.26. The lowest BCUT2D eigenvalue weighted by molar-refractivity contribution is -0.129. The Morgan fingerprint density at radius 2 is 1.83 bits per heavy atom. The van der Waals surface area contributed by atoms with Gasteiger partial charge in [-0.3, -0.25) is 14.4 Å². The highest BCUT2D eigenvalue weighted by Gasteiger charge is 2.58. The molecule has 0 bridgehead atoms. The van der Waals surface area contributed by atoms with Gasteiger partial charge in [-0.05, 0) is 5.56 Å². The number of pyridine rings is 1. The van der Waals surface area contributed by atoms with E-state index in [9.17, 15) is 36.3 Å². The number of hydrogen-bond donors (Lipinski definition) is 1. The second-order valence-electron chi connectivity index (χ2n) is 9.76. The summed E-state index contributed by atoms with van der Waals surface area (Å²) in [6, 6.07) is 8.23. The maximum atomic E-state index is 14.7. The quantitative estimate of drug-likeness (QED) is 0.432. The van der Waals surface area contributed by atoms with Crippen molar-refractivity contribution in [3.8, 4) is 5.75 Å². The smallest absolute Gasteiger partial charge is 0.274 e. The van der Waals surface area contributed by atoms with E-state index in [0.29, 0.717) is 17.7 Å². The highest BCUT2D eigenvalue weighted by molar-refractivity contribution is 5.99. The fraction of sp³-hybridized carbons (Fsp3) is 0.321. The van der Waals surface area contributed by atoms with E-state index in [2.05, 4.69) is 5.32 Å².